The summed E-state index contributed by atoms with van der Waals surface area (Å²) in [6, 6.07) is 0. The van der Waals surface area contributed by atoms with Crippen molar-refractivity contribution in [2.75, 3.05) is 13.2 Å². The van der Waals surface area contributed by atoms with Gasteiger partial charge >= 0.3 is 0 Å². The molecule has 0 radical (unpaired) electrons. The van der Waals surface area contributed by atoms with Crippen LogP contribution in [0.5, 0.6) is 0 Å². The minimum Gasteiger partial charge on any atom is -0.393 e. The summed E-state index contributed by atoms with van der Waals surface area (Å²) in [6.07, 6.45) is -1.91. The largest absolute Gasteiger partial charge is 0.393 e. The number of aliphatic hydroxyl groups excluding tert-OH is 2. The molecular formula is C12H18N2O7. The number of rotatable bonds is 3. The Bertz CT molecular complexity index is 506. The van der Waals surface area contributed by atoms with Gasteiger partial charge in [-0.15, -0.1) is 0 Å². The second-order valence-corrected chi connectivity index (χ2v) is 5.47. The summed E-state index contributed by atoms with van der Waals surface area (Å²) in [7, 11) is 0. The van der Waals surface area contributed by atoms with Gasteiger partial charge in [0.2, 0.25) is 5.72 Å². The first kappa shape index (κ1) is 15.9. The molecule has 3 aliphatic heterocycles. The summed E-state index contributed by atoms with van der Waals surface area (Å²) < 4.78 is 5.27. The number of amides is 2. The fourth-order valence-corrected chi connectivity index (χ4v) is 2.29. The summed E-state index contributed by atoms with van der Waals surface area (Å²) in [5.41, 5.74) is -6.69. The van der Waals surface area contributed by atoms with Crippen molar-refractivity contribution >= 4 is 11.8 Å². The van der Waals surface area contributed by atoms with E-state index in [-0.39, 0.29) is 18.6 Å². The molecule has 0 saturated carbocycles. The van der Waals surface area contributed by atoms with Crippen molar-refractivity contribution in [3.63, 3.8) is 0 Å². The fraction of sp³-hybridized carbons (Fsp3) is 0.667. The quantitative estimate of drug-likeness (QED) is 0.299. The maximum Gasteiger partial charge on any atom is 0.280 e. The van der Waals surface area contributed by atoms with E-state index in [0.29, 0.717) is 0 Å². The highest BCUT2D eigenvalue weighted by molar-refractivity contribution is 6.02. The summed E-state index contributed by atoms with van der Waals surface area (Å²) in [4.78, 5) is 24.3. The first-order valence-electron chi connectivity index (χ1n) is 6.31. The van der Waals surface area contributed by atoms with Crippen molar-refractivity contribution in [2.24, 2.45) is 0 Å². The van der Waals surface area contributed by atoms with Crippen LogP contribution in [0.2, 0.25) is 0 Å². The van der Waals surface area contributed by atoms with Crippen molar-refractivity contribution in [3.05, 3.63) is 12.2 Å². The Kier molecular flexibility index (Phi) is 3.59. The van der Waals surface area contributed by atoms with Crippen LogP contribution in [0.15, 0.2) is 12.2 Å². The number of piperazine rings is 1. The van der Waals surface area contributed by atoms with Crippen LogP contribution in [0.25, 0.3) is 0 Å². The zero-order valence-electron chi connectivity index (χ0n) is 11.4. The van der Waals surface area contributed by atoms with Crippen molar-refractivity contribution in [3.8, 4) is 0 Å². The minimum atomic E-state index is -2.31. The Balaban J connectivity index is 2.47. The number of hydrogen-bond donors (Lipinski definition) is 6. The van der Waals surface area contributed by atoms with Crippen LogP contribution < -0.4 is 10.6 Å². The molecule has 3 fully saturated rings. The van der Waals surface area contributed by atoms with E-state index in [1.54, 1.807) is 0 Å². The number of hydrogen-bond acceptors (Lipinski definition) is 7. The summed E-state index contributed by atoms with van der Waals surface area (Å²) in [6.45, 7) is 3.59. The second kappa shape index (κ2) is 4.75. The summed E-state index contributed by atoms with van der Waals surface area (Å²) in [5.74, 6) is -2.09. The van der Waals surface area contributed by atoms with Gasteiger partial charge in [-0.25, -0.2) is 0 Å². The van der Waals surface area contributed by atoms with Gasteiger partial charge < -0.3 is 35.8 Å². The van der Waals surface area contributed by atoms with Gasteiger partial charge in [0.25, 0.3) is 17.5 Å². The molecule has 9 heteroatoms. The van der Waals surface area contributed by atoms with E-state index in [1.165, 1.54) is 0 Å². The number of carbonyl (C=O) groups is 2. The highest BCUT2D eigenvalue weighted by Gasteiger charge is 2.63. The predicted molar refractivity (Wildman–Crippen MR) is 67.4 cm³/mol. The molecule has 3 rings (SSSR count). The maximum atomic E-state index is 12.2. The third-order valence-corrected chi connectivity index (χ3v) is 3.80. The average Bonchev–Trinajstić information content (AvgIpc) is 2.42. The van der Waals surface area contributed by atoms with E-state index in [4.69, 9.17) is 9.84 Å². The highest BCUT2D eigenvalue weighted by Crippen LogP contribution is 2.32. The molecule has 3 saturated heterocycles. The highest BCUT2D eigenvalue weighted by atomic mass is 16.5. The van der Waals surface area contributed by atoms with Crippen LogP contribution in [-0.2, 0) is 14.3 Å². The first-order valence-corrected chi connectivity index (χ1v) is 6.31. The zero-order valence-corrected chi connectivity index (χ0v) is 11.4. The van der Waals surface area contributed by atoms with E-state index in [0.717, 1.165) is 6.92 Å². The van der Waals surface area contributed by atoms with Crippen molar-refractivity contribution in [1.29, 1.82) is 0 Å². The number of nitrogens with one attached hydrogen (secondary N) is 2. The van der Waals surface area contributed by atoms with Crippen molar-refractivity contribution < 1.29 is 34.8 Å². The van der Waals surface area contributed by atoms with Crippen LogP contribution in [0.4, 0.5) is 0 Å². The van der Waals surface area contributed by atoms with Crippen molar-refractivity contribution in [1.82, 2.24) is 10.6 Å². The van der Waals surface area contributed by atoms with Crippen LogP contribution in [0.1, 0.15) is 13.3 Å². The Labute approximate surface area is 120 Å². The van der Waals surface area contributed by atoms with Crippen LogP contribution in [0.3, 0.4) is 0 Å². The first-order chi connectivity index (χ1) is 9.60. The van der Waals surface area contributed by atoms with Gasteiger partial charge in [0, 0.05) is 0 Å². The zero-order chi connectivity index (χ0) is 16.1. The smallest absolute Gasteiger partial charge is 0.280 e. The lowest BCUT2D eigenvalue weighted by atomic mass is 9.85. The lowest BCUT2D eigenvalue weighted by Crippen LogP contribution is -2.82. The predicted octanol–water partition coefficient (Wildman–Crippen LogP) is -3.30. The lowest BCUT2D eigenvalue weighted by Gasteiger charge is -2.49. The second-order valence-electron chi connectivity index (χ2n) is 5.47. The van der Waals surface area contributed by atoms with Gasteiger partial charge in [0.15, 0.2) is 0 Å². The van der Waals surface area contributed by atoms with Gasteiger partial charge in [0.1, 0.15) is 11.7 Å². The summed E-state index contributed by atoms with van der Waals surface area (Å²) in [5, 5.41) is 43.6. The molecule has 0 aliphatic carbocycles. The van der Waals surface area contributed by atoms with Gasteiger partial charge in [0.05, 0.1) is 13.2 Å². The fourth-order valence-electron chi connectivity index (χ4n) is 2.29. The molecule has 2 amide bonds. The van der Waals surface area contributed by atoms with E-state index in [2.05, 4.69) is 11.9 Å². The molecule has 0 spiro atoms. The van der Waals surface area contributed by atoms with E-state index < -0.39 is 41.6 Å². The topological polar surface area (TPSA) is 148 Å². The number of carbonyl (C=O) groups excluding carboxylic acids is 2. The molecule has 0 aromatic rings. The Morgan fingerprint density at radius 1 is 1.43 bits per heavy atom. The Morgan fingerprint density at radius 2 is 2.05 bits per heavy atom. The number of ether oxygens (including phenoxy) is 1. The van der Waals surface area contributed by atoms with Gasteiger partial charge in [-0.1, -0.05) is 6.58 Å². The molecule has 3 heterocycles. The molecule has 21 heavy (non-hydrogen) atoms. The van der Waals surface area contributed by atoms with Crippen LogP contribution in [-0.4, -0.2) is 68.6 Å². The SMILES string of the molecule is C=C1CCO[C@@]2([C@H](O)[C@@](C)(O)CO)NC(=O)[C@]1(O)NC2=O. The Hall–Kier alpha value is -1.52. The Morgan fingerprint density at radius 3 is 2.62 bits per heavy atom. The number of fused-ring (bicyclic) bond motifs is 5. The molecule has 6 N–H and O–H groups in total. The molecule has 3 aliphatic rings. The standard InChI is InChI=1S/C12H18N2O7/c1-6-3-4-21-12(7(16)10(2,19)5-15)9(18)13-11(6,20)8(17)14-12/h7,15-16,19-20H,1,3-5H2,2H3,(H,13,18)(H,14,17)/t7-,10+,11+,12-/m1/s1. The average molecular weight is 302 g/mol. The molecule has 4 atom stereocenters. The van der Waals surface area contributed by atoms with E-state index in [1.807, 2.05) is 5.32 Å². The molecular weight excluding hydrogens is 284 g/mol. The monoisotopic (exact) mass is 302 g/mol. The molecule has 118 valence electrons. The van der Waals surface area contributed by atoms with Gasteiger partial charge in [-0.05, 0) is 18.9 Å². The number of aliphatic hydroxyl groups is 4. The van der Waals surface area contributed by atoms with Crippen LogP contribution in [0, 0.1) is 0 Å². The van der Waals surface area contributed by atoms with Gasteiger partial charge in [-0.2, -0.15) is 0 Å². The van der Waals surface area contributed by atoms with Crippen LogP contribution >= 0.6 is 0 Å². The van der Waals surface area contributed by atoms with E-state index in [9.17, 15) is 24.9 Å². The third kappa shape index (κ3) is 2.14. The maximum absolute atomic E-state index is 12.2. The minimum absolute atomic E-state index is 0.0325. The molecule has 0 aromatic heterocycles. The molecule has 9 nitrogen and oxygen atoms in total. The molecule has 0 aromatic carbocycles. The lowest BCUT2D eigenvalue weighted by molar-refractivity contribution is -0.230. The van der Waals surface area contributed by atoms with Crippen molar-refractivity contribution in [2.45, 2.75) is 36.5 Å². The molecule has 0 unspecified atom stereocenters. The molecule has 2 bridgehead atoms. The third-order valence-electron chi connectivity index (χ3n) is 3.80. The summed E-state index contributed by atoms with van der Waals surface area (Å²) >= 11 is 0. The van der Waals surface area contributed by atoms with E-state index >= 15 is 0 Å². The van der Waals surface area contributed by atoms with Gasteiger partial charge in [-0.3, -0.25) is 9.59 Å². The normalized spacial score (nSPS) is 37.1.